The standard InChI is InChI=1S/C10H12F3NO.ClH/c1-7-3-4-8(14-2)5-9(7)15-6-10(11,12)13;/h3-5,14H,6H2,1-2H3;1H. The molecule has 0 heterocycles. The Morgan fingerprint density at radius 3 is 2.44 bits per heavy atom. The number of aryl methyl sites for hydroxylation is 1. The largest absolute Gasteiger partial charge is 0.484 e. The van der Waals surface area contributed by atoms with Crippen LogP contribution in [0, 0.1) is 6.92 Å². The number of halogens is 4. The second kappa shape index (κ2) is 5.84. The molecule has 0 unspecified atom stereocenters. The molecule has 0 aliphatic carbocycles. The van der Waals surface area contributed by atoms with E-state index in [4.69, 9.17) is 0 Å². The maximum absolute atomic E-state index is 11.9. The van der Waals surface area contributed by atoms with Crippen LogP contribution in [0.5, 0.6) is 5.75 Å². The Balaban J connectivity index is 0.00000225. The maximum Gasteiger partial charge on any atom is 0.422 e. The smallest absolute Gasteiger partial charge is 0.422 e. The SMILES string of the molecule is CNc1ccc(C)c(OCC(F)(F)F)c1.Cl. The second-order valence-corrected chi connectivity index (χ2v) is 3.13. The highest BCUT2D eigenvalue weighted by molar-refractivity contribution is 5.85. The van der Waals surface area contributed by atoms with Gasteiger partial charge in [0.2, 0.25) is 0 Å². The lowest BCUT2D eigenvalue weighted by atomic mass is 10.2. The van der Waals surface area contributed by atoms with Crippen molar-refractivity contribution in [2.45, 2.75) is 13.1 Å². The molecule has 0 spiro atoms. The van der Waals surface area contributed by atoms with Crippen LogP contribution in [-0.2, 0) is 0 Å². The third kappa shape index (κ3) is 4.61. The van der Waals surface area contributed by atoms with Crippen molar-refractivity contribution >= 4 is 18.1 Å². The van der Waals surface area contributed by atoms with Gasteiger partial charge in [0, 0.05) is 18.8 Å². The molecule has 1 N–H and O–H groups in total. The predicted molar refractivity (Wildman–Crippen MR) is 59.5 cm³/mol. The summed E-state index contributed by atoms with van der Waals surface area (Å²) in [6.45, 7) is 0.437. The molecular formula is C10H13ClF3NO. The minimum absolute atomic E-state index is 0. The van der Waals surface area contributed by atoms with Crippen LogP contribution in [0.25, 0.3) is 0 Å². The first kappa shape index (κ1) is 14.9. The molecule has 0 aliphatic rings. The van der Waals surface area contributed by atoms with E-state index in [0.717, 1.165) is 5.69 Å². The van der Waals surface area contributed by atoms with Crippen LogP contribution in [0.15, 0.2) is 18.2 Å². The predicted octanol–water partition coefficient (Wildman–Crippen LogP) is 3.40. The highest BCUT2D eigenvalue weighted by atomic mass is 35.5. The summed E-state index contributed by atoms with van der Waals surface area (Å²) >= 11 is 0. The second-order valence-electron chi connectivity index (χ2n) is 3.13. The van der Waals surface area contributed by atoms with Crippen molar-refractivity contribution in [3.05, 3.63) is 23.8 Å². The topological polar surface area (TPSA) is 21.3 Å². The van der Waals surface area contributed by atoms with Gasteiger partial charge in [-0.15, -0.1) is 12.4 Å². The molecule has 16 heavy (non-hydrogen) atoms. The zero-order valence-electron chi connectivity index (χ0n) is 8.89. The van der Waals surface area contributed by atoms with Crippen molar-refractivity contribution in [2.75, 3.05) is 19.0 Å². The molecule has 1 aromatic rings. The Morgan fingerprint density at radius 2 is 1.94 bits per heavy atom. The minimum atomic E-state index is -4.30. The number of anilines is 1. The number of hydrogen-bond donors (Lipinski definition) is 1. The molecule has 0 radical (unpaired) electrons. The van der Waals surface area contributed by atoms with Gasteiger partial charge in [-0.2, -0.15) is 13.2 Å². The molecule has 1 rings (SSSR count). The Hall–Kier alpha value is -1.10. The summed E-state index contributed by atoms with van der Waals surface area (Å²) in [7, 11) is 1.69. The minimum Gasteiger partial charge on any atom is -0.484 e. The summed E-state index contributed by atoms with van der Waals surface area (Å²) in [5.74, 6) is 0.249. The highest BCUT2D eigenvalue weighted by Crippen LogP contribution is 2.24. The van der Waals surface area contributed by atoms with Crippen molar-refractivity contribution in [3.8, 4) is 5.75 Å². The quantitative estimate of drug-likeness (QED) is 0.894. The van der Waals surface area contributed by atoms with Crippen molar-refractivity contribution in [1.29, 1.82) is 0 Å². The van der Waals surface area contributed by atoms with Gasteiger partial charge in [0.25, 0.3) is 0 Å². The summed E-state index contributed by atoms with van der Waals surface area (Å²) < 4.78 is 40.4. The molecule has 1 aromatic carbocycles. The zero-order valence-corrected chi connectivity index (χ0v) is 9.71. The molecule has 6 heteroatoms. The fourth-order valence-electron chi connectivity index (χ4n) is 1.07. The summed E-state index contributed by atoms with van der Waals surface area (Å²) in [5, 5.41) is 2.83. The summed E-state index contributed by atoms with van der Waals surface area (Å²) in [5.41, 5.74) is 1.40. The van der Waals surface area contributed by atoms with Crippen LogP contribution < -0.4 is 10.1 Å². The van der Waals surface area contributed by atoms with Gasteiger partial charge in [0.1, 0.15) is 5.75 Å². The molecule has 0 amide bonds. The van der Waals surface area contributed by atoms with Crippen LogP contribution in [-0.4, -0.2) is 19.8 Å². The molecule has 0 saturated heterocycles. The third-order valence-electron chi connectivity index (χ3n) is 1.87. The van der Waals surface area contributed by atoms with Gasteiger partial charge < -0.3 is 10.1 Å². The lowest BCUT2D eigenvalue weighted by Gasteiger charge is -2.12. The van der Waals surface area contributed by atoms with Gasteiger partial charge in [0.05, 0.1) is 0 Å². The van der Waals surface area contributed by atoms with Gasteiger partial charge in [-0.25, -0.2) is 0 Å². The number of rotatable bonds is 3. The lowest BCUT2D eigenvalue weighted by molar-refractivity contribution is -0.153. The van der Waals surface area contributed by atoms with Crippen molar-refractivity contribution in [3.63, 3.8) is 0 Å². The molecule has 0 atom stereocenters. The highest BCUT2D eigenvalue weighted by Gasteiger charge is 2.28. The summed E-state index contributed by atoms with van der Waals surface area (Å²) in [6, 6.07) is 5.02. The van der Waals surface area contributed by atoms with E-state index in [9.17, 15) is 13.2 Å². The number of benzene rings is 1. The molecular weight excluding hydrogens is 243 g/mol. The van der Waals surface area contributed by atoms with Crippen LogP contribution in [0.2, 0.25) is 0 Å². The van der Waals surface area contributed by atoms with Gasteiger partial charge in [-0.3, -0.25) is 0 Å². The average molecular weight is 256 g/mol. The van der Waals surface area contributed by atoms with E-state index >= 15 is 0 Å². The van der Waals surface area contributed by atoms with Crippen molar-refractivity contribution in [1.82, 2.24) is 0 Å². The van der Waals surface area contributed by atoms with E-state index in [1.54, 1.807) is 32.2 Å². The first-order chi connectivity index (χ1) is 6.92. The fraction of sp³-hybridized carbons (Fsp3) is 0.400. The Bertz CT molecular complexity index is 341. The van der Waals surface area contributed by atoms with Crippen molar-refractivity contribution < 1.29 is 17.9 Å². The van der Waals surface area contributed by atoms with E-state index in [0.29, 0.717) is 5.56 Å². The normalized spacial score (nSPS) is 10.6. The fourth-order valence-corrected chi connectivity index (χ4v) is 1.07. The average Bonchev–Trinajstić information content (AvgIpc) is 2.15. The van der Waals surface area contributed by atoms with Gasteiger partial charge in [-0.05, 0) is 18.6 Å². The van der Waals surface area contributed by atoms with Crippen molar-refractivity contribution in [2.24, 2.45) is 0 Å². The monoisotopic (exact) mass is 255 g/mol. The summed E-state index contributed by atoms with van der Waals surface area (Å²) in [6.07, 6.45) is -4.30. The number of ether oxygens (including phenoxy) is 1. The van der Waals surface area contributed by atoms with Gasteiger partial charge >= 0.3 is 6.18 Å². The van der Waals surface area contributed by atoms with Crippen LogP contribution >= 0.6 is 12.4 Å². The maximum atomic E-state index is 11.9. The summed E-state index contributed by atoms with van der Waals surface area (Å²) in [4.78, 5) is 0. The van der Waals surface area contributed by atoms with E-state index in [1.807, 2.05) is 0 Å². The third-order valence-corrected chi connectivity index (χ3v) is 1.87. The zero-order chi connectivity index (χ0) is 11.5. The Morgan fingerprint density at radius 1 is 1.31 bits per heavy atom. The molecule has 0 aromatic heterocycles. The number of hydrogen-bond acceptors (Lipinski definition) is 2. The Kier molecular flexibility index (Phi) is 5.44. The van der Waals surface area contributed by atoms with E-state index < -0.39 is 12.8 Å². The number of nitrogens with one attached hydrogen (secondary N) is 1. The van der Waals surface area contributed by atoms with Gasteiger partial charge in [-0.1, -0.05) is 6.07 Å². The molecule has 92 valence electrons. The van der Waals surface area contributed by atoms with E-state index in [2.05, 4.69) is 10.1 Å². The number of alkyl halides is 3. The van der Waals surface area contributed by atoms with E-state index in [1.165, 1.54) is 0 Å². The van der Waals surface area contributed by atoms with Crippen LogP contribution in [0.1, 0.15) is 5.56 Å². The molecule has 2 nitrogen and oxygen atoms in total. The van der Waals surface area contributed by atoms with E-state index in [-0.39, 0.29) is 18.2 Å². The lowest BCUT2D eigenvalue weighted by Crippen LogP contribution is -2.19. The first-order valence-electron chi connectivity index (χ1n) is 4.40. The van der Waals surface area contributed by atoms with Crippen LogP contribution in [0.4, 0.5) is 18.9 Å². The molecule has 0 saturated carbocycles. The van der Waals surface area contributed by atoms with Crippen LogP contribution in [0.3, 0.4) is 0 Å². The molecule has 0 bridgehead atoms. The van der Waals surface area contributed by atoms with Gasteiger partial charge in [0.15, 0.2) is 6.61 Å². The molecule has 0 fully saturated rings. The Labute approximate surface area is 98.2 Å². The first-order valence-corrected chi connectivity index (χ1v) is 4.40. The molecule has 0 aliphatic heterocycles.